The number of anilines is 1. The highest BCUT2D eigenvalue weighted by Gasteiger charge is 2.24. The van der Waals surface area contributed by atoms with Gasteiger partial charge in [0.1, 0.15) is 10.6 Å². The van der Waals surface area contributed by atoms with Gasteiger partial charge < -0.3 is 5.32 Å². The number of benzene rings is 2. The zero-order valence-corrected chi connectivity index (χ0v) is 15.6. The molecule has 1 heterocycles. The monoisotopic (exact) mass is 392 g/mol. The van der Waals surface area contributed by atoms with Crippen molar-refractivity contribution in [2.45, 2.75) is 20.3 Å². The van der Waals surface area contributed by atoms with Crippen LogP contribution in [-0.4, -0.2) is 10.9 Å². The number of carbonyl (C=O) groups is 1. The molecule has 1 amide bonds. The fourth-order valence-corrected chi connectivity index (χ4v) is 3.53. The van der Waals surface area contributed by atoms with Gasteiger partial charge >= 0.3 is 0 Å². The van der Waals surface area contributed by atoms with Gasteiger partial charge in [-0.3, -0.25) is 4.79 Å². The minimum atomic E-state index is -2.80. The molecule has 1 N–H and O–H groups in total. The first-order chi connectivity index (χ1) is 12.4. The topological polar surface area (TPSA) is 42.0 Å². The van der Waals surface area contributed by atoms with Gasteiger partial charge in [-0.1, -0.05) is 35.9 Å². The first-order valence-electron chi connectivity index (χ1n) is 7.79. The predicted molar refractivity (Wildman–Crippen MR) is 101 cm³/mol. The molecule has 0 unspecified atom stereocenters. The highest BCUT2D eigenvalue weighted by molar-refractivity contribution is 7.13. The molecule has 26 heavy (non-hydrogen) atoms. The molecule has 134 valence electrons. The van der Waals surface area contributed by atoms with Crippen molar-refractivity contribution >= 4 is 34.5 Å². The van der Waals surface area contributed by atoms with Crippen LogP contribution in [0.5, 0.6) is 0 Å². The van der Waals surface area contributed by atoms with Crippen LogP contribution in [-0.2, 0) is 0 Å². The van der Waals surface area contributed by atoms with Crippen molar-refractivity contribution in [1.29, 1.82) is 0 Å². The van der Waals surface area contributed by atoms with Crippen LogP contribution < -0.4 is 5.32 Å². The van der Waals surface area contributed by atoms with Gasteiger partial charge in [0.15, 0.2) is 0 Å². The molecule has 0 radical (unpaired) electrons. The number of alkyl halides is 2. The second-order valence-corrected chi connectivity index (χ2v) is 7.32. The minimum Gasteiger partial charge on any atom is -0.321 e. The summed E-state index contributed by atoms with van der Waals surface area (Å²) in [6.45, 7) is 3.49. The van der Waals surface area contributed by atoms with Crippen LogP contribution in [0.1, 0.15) is 32.4 Å². The number of para-hydroxylation sites is 1. The van der Waals surface area contributed by atoms with E-state index in [9.17, 15) is 13.6 Å². The second-order valence-electron chi connectivity index (χ2n) is 5.71. The SMILES string of the molecule is Cc1nc(C(F)F)c(C(=O)Nc2ccccc2-c2ccc(Cl)c(C)c2)s1. The lowest BCUT2D eigenvalue weighted by atomic mass is 10.0. The summed E-state index contributed by atoms with van der Waals surface area (Å²) in [5, 5.41) is 3.81. The number of nitrogens with zero attached hydrogens (tertiary/aromatic N) is 1. The van der Waals surface area contributed by atoms with Crippen LogP contribution in [0.2, 0.25) is 5.02 Å². The number of rotatable bonds is 4. The molecule has 3 rings (SSSR count). The lowest BCUT2D eigenvalue weighted by molar-refractivity contribution is 0.101. The minimum absolute atomic E-state index is 0.0698. The number of halogens is 3. The van der Waals surface area contributed by atoms with Crippen molar-refractivity contribution in [3.05, 3.63) is 68.6 Å². The van der Waals surface area contributed by atoms with Crippen LogP contribution in [0.4, 0.5) is 14.5 Å². The van der Waals surface area contributed by atoms with Gasteiger partial charge in [-0.15, -0.1) is 11.3 Å². The van der Waals surface area contributed by atoms with E-state index in [1.54, 1.807) is 25.1 Å². The molecular weight excluding hydrogens is 378 g/mol. The molecular formula is C19H15ClF2N2OS. The average molecular weight is 393 g/mol. The van der Waals surface area contributed by atoms with Crippen molar-refractivity contribution in [2.75, 3.05) is 5.32 Å². The lowest BCUT2D eigenvalue weighted by Crippen LogP contribution is -2.13. The number of nitrogens with one attached hydrogen (secondary N) is 1. The van der Waals surface area contributed by atoms with E-state index in [2.05, 4.69) is 10.3 Å². The zero-order chi connectivity index (χ0) is 18.8. The summed E-state index contributed by atoms with van der Waals surface area (Å²) in [6.07, 6.45) is -2.80. The Labute approximate surface area is 158 Å². The normalized spacial score (nSPS) is 11.0. The van der Waals surface area contributed by atoms with E-state index in [0.717, 1.165) is 28.0 Å². The van der Waals surface area contributed by atoms with Gasteiger partial charge in [-0.2, -0.15) is 0 Å². The van der Waals surface area contributed by atoms with E-state index in [4.69, 9.17) is 11.6 Å². The Bertz CT molecular complexity index is 972. The summed E-state index contributed by atoms with van der Waals surface area (Å²) in [5.74, 6) is -0.593. The summed E-state index contributed by atoms with van der Waals surface area (Å²) >= 11 is 7.03. The van der Waals surface area contributed by atoms with Gasteiger partial charge in [-0.05, 0) is 43.2 Å². The molecule has 0 atom stereocenters. The third kappa shape index (κ3) is 3.76. The molecule has 0 aliphatic carbocycles. The van der Waals surface area contributed by atoms with E-state index in [1.165, 1.54) is 0 Å². The number of amides is 1. The van der Waals surface area contributed by atoms with E-state index < -0.39 is 18.0 Å². The highest BCUT2D eigenvalue weighted by Crippen LogP contribution is 2.32. The van der Waals surface area contributed by atoms with Crippen LogP contribution >= 0.6 is 22.9 Å². The number of hydrogen-bond acceptors (Lipinski definition) is 3. The maximum atomic E-state index is 13.1. The van der Waals surface area contributed by atoms with E-state index >= 15 is 0 Å². The number of thiazole rings is 1. The molecule has 0 bridgehead atoms. The Morgan fingerprint density at radius 1 is 1.19 bits per heavy atom. The molecule has 0 saturated carbocycles. The van der Waals surface area contributed by atoms with Crippen molar-refractivity contribution in [3.63, 3.8) is 0 Å². The molecule has 7 heteroatoms. The Morgan fingerprint density at radius 2 is 1.92 bits per heavy atom. The van der Waals surface area contributed by atoms with E-state index in [1.807, 2.05) is 31.2 Å². The van der Waals surface area contributed by atoms with Crippen molar-refractivity contribution < 1.29 is 13.6 Å². The lowest BCUT2D eigenvalue weighted by Gasteiger charge is -2.12. The first-order valence-corrected chi connectivity index (χ1v) is 8.98. The predicted octanol–water partition coefficient (Wildman–Crippen LogP) is 6.27. The maximum Gasteiger partial charge on any atom is 0.282 e. The summed E-state index contributed by atoms with van der Waals surface area (Å²) in [6, 6.07) is 12.7. The molecule has 3 nitrogen and oxygen atoms in total. The molecule has 0 fully saturated rings. The molecule has 0 spiro atoms. The Balaban J connectivity index is 1.96. The molecule has 0 aliphatic heterocycles. The molecule has 3 aromatic rings. The van der Waals surface area contributed by atoms with Crippen molar-refractivity contribution in [1.82, 2.24) is 4.98 Å². The average Bonchev–Trinajstić information content (AvgIpc) is 3.00. The van der Waals surface area contributed by atoms with Crippen LogP contribution in [0.3, 0.4) is 0 Å². The standard InChI is InChI=1S/C19H15ClF2N2OS/c1-10-9-12(7-8-14(10)20)13-5-3-4-6-15(13)24-19(25)17-16(18(21)22)23-11(2)26-17/h3-9,18H,1-2H3,(H,24,25). The molecule has 2 aromatic carbocycles. The zero-order valence-electron chi connectivity index (χ0n) is 14.0. The van der Waals surface area contributed by atoms with Gasteiger partial charge in [0.25, 0.3) is 12.3 Å². The van der Waals surface area contributed by atoms with Gasteiger partial charge in [0.2, 0.25) is 0 Å². The van der Waals surface area contributed by atoms with Crippen LogP contribution in [0, 0.1) is 13.8 Å². The van der Waals surface area contributed by atoms with Gasteiger partial charge in [-0.25, -0.2) is 13.8 Å². The summed E-state index contributed by atoms with van der Waals surface area (Å²) in [5.41, 5.74) is 2.61. The first kappa shape index (κ1) is 18.5. The van der Waals surface area contributed by atoms with Crippen LogP contribution in [0.25, 0.3) is 11.1 Å². The largest absolute Gasteiger partial charge is 0.321 e. The highest BCUT2D eigenvalue weighted by atomic mass is 35.5. The summed E-state index contributed by atoms with van der Waals surface area (Å²) in [4.78, 5) is 16.3. The quantitative estimate of drug-likeness (QED) is 0.568. The van der Waals surface area contributed by atoms with Crippen molar-refractivity contribution in [3.8, 4) is 11.1 Å². The van der Waals surface area contributed by atoms with E-state index in [0.29, 0.717) is 15.7 Å². The molecule has 0 saturated heterocycles. The third-order valence-electron chi connectivity index (χ3n) is 3.82. The van der Waals surface area contributed by atoms with Gasteiger partial charge in [0, 0.05) is 16.3 Å². The number of hydrogen-bond donors (Lipinski definition) is 1. The third-order valence-corrected chi connectivity index (χ3v) is 5.23. The Morgan fingerprint density at radius 3 is 2.62 bits per heavy atom. The molecule has 0 aliphatic rings. The smallest absolute Gasteiger partial charge is 0.282 e. The Kier molecular flexibility index (Phi) is 5.34. The van der Waals surface area contributed by atoms with Crippen LogP contribution in [0.15, 0.2) is 42.5 Å². The number of carbonyl (C=O) groups excluding carboxylic acids is 1. The van der Waals surface area contributed by atoms with Crippen molar-refractivity contribution in [2.24, 2.45) is 0 Å². The fourth-order valence-electron chi connectivity index (χ4n) is 2.59. The molecule has 1 aromatic heterocycles. The van der Waals surface area contributed by atoms with E-state index in [-0.39, 0.29) is 4.88 Å². The summed E-state index contributed by atoms with van der Waals surface area (Å²) < 4.78 is 26.2. The van der Waals surface area contributed by atoms with Gasteiger partial charge in [0.05, 0.1) is 5.01 Å². The summed E-state index contributed by atoms with van der Waals surface area (Å²) in [7, 11) is 0. The second kappa shape index (κ2) is 7.51. The maximum absolute atomic E-state index is 13.1. The fraction of sp³-hybridized carbons (Fsp3) is 0.158. The Hall–Kier alpha value is -2.31. The number of aryl methyl sites for hydroxylation is 2. The number of aromatic nitrogens is 1.